The van der Waals surface area contributed by atoms with Crippen molar-refractivity contribution in [1.29, 1.82) is 0 Å². The molecule has 0 aliphatic rings. The SMILES string of the molecule is CCCCCCO.O=C(O)c1ccccn1.[Zn]. The number of carbonyl (C=O) groups is 1. The average Bonchev–Trinajstić information content (AvgIpc) is 2.32. The smallest absolute Gasteiger partial charge is 0.354 e. The number of aromatic nitrogens is 1. The molecule has 0 bridgehead atoms. The standard InChI is InChI=1S/C6H5NO2.C6H14O.Zn/c8-6(9)5-3-1-2-4-7-5;1-2-3-4-5-6-7;/h1-4H,(H,8,9);7H,2-6H2,1H3;. The van der Waals surface area contributed by atoms with Gasteiger partial charge in [-0.1, -0.05) is 32.3 Å². The fourth-order valence-electron chi connectivity index (χ4n) is 1.03. The number of aliphatic hydroxyl groups is 1. The fourth-order valence-corrected chi connectivity index (χ4v) is 1.03. The molecule has 92 valence electrons. The molecule has 1 rings (SSSR count). The Morgan fingerprint density at radius 1 is 1.29 bits per heavy atom. The van der Waals surface area contributed by atoms with Crippen molar-refractivity contribution in [2.75, 3.05) is 6.61 Å². The van der Waals surface area contributed by atoms with Gasteiger partial charge in [-0.25, -0.2) is 9.78 Å². The molecule has 1 aromatic rings. The molecule has 0 saturated carbocycles. The predicted molar refractivity (Wildman–Crippen MR) is 62.4 cm³/mol. The van der Waals surface area contributed by atoms with E-state index < -0.39 is 5.97 Å². The van der Waals surface area contributed by atoms with Gasteiger partial charge in [0.1, 0.15) is 5.69 Å². The largest absolute Gasteiger partial charge is 0.477 e. The number of unbranched alkanes of at least 4 members (excludes halogenated alkanes) is 3. The molecule has 0 spiro atoms. The number of rotatable bonds is 5. The van der Waals surface area contributed by atoms with E-state index in [0.29, 0.717) is 6.61 Å². The van der Waals surface area contributed by atoms with Gasteiger partial charge in [-0.15, -0.1) is 0 Å². The molecule has 0 atom stereocenters. The van der Waals surface area contributed by atoms with Gasteiger partial charge in [0.2, 0.25) is 0 Å². The molecule has 0 aliphatic carbocycles. The van der Waals surface area contributed by atoms with Gasteiger partial charge >= 0.3 is 5.97 Å². The zero-order chi connectivity index (χ0) is 12.2. The van der Waals surface area contributed by atoms with Crippen LogP contribution < -0.4 is 0 Å². The molecule has 1 aromatic heterocycles. The summed E-state index contributed by atoms with van der Waals surface area (Å²) in [6, 6.07) is 4.76. The first-order chi connectivity index (χ1) is 7.72. The van der Waals surface area contributed by atoms with E-state index in [4.69, 9.17) is 10.2 Å². The zero-order valence-corrected chi connectivity index (χ0v) is 13.3. The fraction of sp³-hybridized carbons (Fsp3) is 0.500. The van der Waals surface area contributed by atoms with Crippen LogP contribution in [-0.2, 0) is 19.5 Å². The first kappa shape index (κ1) is 18.6. The van der Waals surface area contributed by atoms with Crippen LogP contribution in [0.25, 0.3) is 0 Å². The van der Waals surface area contributed by atoms with Crippen molar-refractivity contribution in [1.82, 2.24) is 4.98 Å². The van der Waals surface area contributed by atoms with Gasteiger partial charge in [0, 0.05) is 32.3 Å². The number of carboxylic acid groups (broad SMARTS) is 1. The Kier molecular flexibility index (Phi) is 14.5. The first-order valence-corrected chi connectivity index (χ1v) is 5.47. The summed E-state index contributed by atoms with van der Waals surface area (Å²) in [6.07, 6.45) is 6.13. The third kappa shape index (κ3) is 11.5. The van der Waals surface area contributed by atoms with Crippen LogP contribution in [0.2, 0.25) is 0 Å². The first-order valence-electron chi connectivity index (χ1n) is 5.47. The number of pyridine rings is 1. The maximum atomic E-state index is 10.1. The average molecular weight is 291 g/mol. The summed E-state index contributed by atoms with van der Waals surface area (Å²) >= 11 is 0. The molecule has 0 fully saturated rings. The van der Waals surface area contributed by atoms with E-state index in [1.54, 1.807) is 12.1 Å². The monoisotopic (exact) mass is 289 g/mol. The van der Waals surface area contributed by atoms with Gasteiger partial charge in [-0.2, -0.15) is 0 Å². The molecule has 0 unspecified atom stereocenters. The maximum absolute atomic E-state index is 10.1. The van der Waals surface area contributed by atoms with Crippen LogP contribution in [0.5, 0.6) is 0 Å². The van der Waals surface area contributed by atoms with E-state index in [-0.39, 0.29) is 25.2 Å². The van der Waals surface area contributed by atoms with Gasteiger partial charge in [0.05, 0.1) is 0 Å². The van der Waals surface area contributed by atoms with Crippen molar-refractivity contribution < 1.29 is 34.5 Å². The normalized spacial score (nSPS) is 8.59. The van der Waals surface area contributed by atoms with Crippen LogP contribution in [0.15, 0.2) is 24.4 Å². The molecule has 0 aliphatic heterocycles. The van der Waals surface area contributed by atoms with E-state index in [2.05, 4.69) is 11.9 Å². The molecular weight excluding hydrogens is 272 g/mol. The Labute approximate surface area is 115 Å². The molecule has 0 saturated heterocycles. The van der Waals surface area contributed by atoms with Crippen LogP contribution in [0.3, 0.4) is 0 Å². The summed E-state index contributed by atoms with van der Waals surface area (Å²) in [5.74, 6) is -0.990. The molecule has 5 heteroatoms. The minimum absolute atomic E-state index is 0. The van der Waals surface area contributed by atoms with Crippen LogP contribution >= 0.6 is 0 Å². The number of carboxylic acids is 1. The van der Waals surface area contributed by atoms with Crippen LogP contribution in [-0.4, -0.2) is 27.8 Å². The Hall–Kier alpha value is -0.797. The number of hydrogen-bond acceptors (Lipinski definition) is 3. The summed E-state index contributed by atoms with van der Waals surface area (Å²) in [6.45, 7) is 2.53. The minimum Gasteiger partial charge on any atom is -0.477 e. The zero-order valence-electron chi connectivity index (χ0n) is 10.3. The van der Waals surface area contributed by atoms with E-state index in [1.807, 2.05) is 0 Å². The Bertz CT molecular complexity index is 276. The van der Waals surface area contributed by atoms with Crippen molar-refractivity contribution in [2.45, 2.75) is 32.6 Å². The summed E-state index contributed by atoms with van der Waals surface area (Å²) in [5.41, 5.74) is 0.0810. The van der Waals surface area contributed by atoms with E-state index >= 15 is 0 Å². The van der Waals surface area contributed by atoms with E-state index in [9.17, 15) is 4.79 Å². The molecule has 0 radical (unpaired) electrons. The van der Waals surface area contributed by atoms with Crippen molar-refractivity contribution in [3.8, 4) is 0 Å². The van der Waals surface area contributed by atoms with Gasteiger partial charge in [-0.05, 0) is 18.6 Å². The van der Waals surface area contributed by atoms with Crippen molar-refractivity contribution >= 4 is 5.97 Å². The third-order valence-electron chi connectivity index (χ3n) is 1.90. The number of aromatic carboxylic acids is 1. The van der Waals surface area contributed by atoms with Crippen molar-refractivity contribution in [3.05, 3.63) is 30.1 Å². The van der Waals surface area contributed by atoms with Gasteiger partial charge < -0.3 is 10.2 Å². The molecule has 2 N–H and O–H groups in total. The topological polar surface area (TPSA) is 70.4 Å². The van der Waals surface area contributed by atoms with E-state index in [1.165, 1.54) is 31.5 Å². The minimum atomic E-state index is -0.990. The van der Waals surface area contributed by atoms with Gasteiger partial charge in [-0.3, -0.25) is 0 Å². The Balaban J connectivity index is 0. The summed E-state index contributed by atoms with van der Waals surface area (Å²) < 4.78 is 0. The number of nitrogens with zero attached hydrogens (tertiary/aromatic N) is 1. The van der Waals surface area contributed by atoms with Gasteiger partial charge in [0.15, 0.2) is 0 Å². The maximum Gasteiger partial charge on any atom is 0.354 e. The van der Waals surface area contributed by atoms with Gasteiger partial charge in [0.25, 0.3) is 0 Å². The summed E-state index contributed by atoms with van der Waals surface area (Å²) in [4.78, 5) is 13.7. The molecular formula is C12H19NO3Zn. The van der Waals surface area contributed by atoms with E-state index in [0.717, 1.165) is 6.42 Å². The second-order valence-corrected chi connectivity index (χ2v) is 3.30. The molecule has 17 heavy (non-hydrogen) atoms. The molecule has 0 amide bonds. The second-order valence-electron chi connectivity index (χ2n) is 3.30. The summed E-state index contributed by atoms with van der Waals surface area (Å²) in [5, 5.41) is 16.6. The Morgan fingerprint density at radius 3 is 2.35 bits per heavy atom. The van der Waals surface area contributed by atoms with Crippen LogP contribution in [0.4, 0.5) is 0 Å². The van der Waals surface area contributed by atoms with Crippen LogP contribution in [0, 0.1) is 0 Å². The summed E-state index contributed by atoms with van der Waals surface area (Å²) in [7, 11) is 0. The van der Waals surface area contributed by atoms with Crippen molar-refractivity contribution in [3.63, 3.8) is 0 Å². The van der Waals surface area contributed by atoms with Crippen LogP contribution in [0.1, 0.15) is 43.1 Å². The molecule has 1 heterocycles. The Morgan fingerprint density at radius 2 is 2.00 bits per heavy atom. The number of aliphatic hydroxyl groups excluding tert-OH is 1. The predicted octanol–water partition coefficient (Wildman–Crippen LogP) is 2.34. The number of hydrogen-bond donors (Lipinski definition) is 2. The molecule has 4 nitrogen and oxygen atoms in total. The second kappa shape index (κ2) is 13.3. The quantitative estimate of drug-likeness (QED) is 0.645. The molecule has 0 aromatic carbocycles. The third-order valence-corrected chi connectivity index (χ3v) is 1.90. The van der Waals surface area contributed by atoms with Crippen molar-refractivity contribution in [2.24, 2.45) is 0 Å².